The zero-order chi connectivity index (χ0) is 24.9. The zero-order valence-corrected chi connectivity index (χ0v) is 20.7. The Labute approximate surface area is 208 Å². The first-order valence-corrected chi connectivity index (χ1v) is 12.1. The van der Waals surface area contributed by atoms with Crippen molar-refractivity contribution in [2.24, 2.45) is 5.92 Å². The number of carbonyl (C=O) groups is 1. The molecular weight excluding hydrogens is 470 g/mol. The highest BCUT2D eigenvalue weighted by Crippen LogP contribution is 2.46. The van der Waals surface area contributed by atoms with Crippen LogP contribution in [0.4, 0.5) is 5.69 Å². The van der Waals surface area contributed by atoms with Gasteiger partial charge in [-0.3, -0.25) is 9.59 Å². The van der Waals surface area contributed by atoms with Gasteiger partial charge in [-0.2, -0.15) is 0 Å². The van der Waals surface area contributed by atoms with Crippen molar-refractivity contribution in [2.75, 3.05) is 31.7 Å². The number of anilines is 1. The Morgan fingerprint density at radius 3 is 2.74 bits per heavy atom. The standard InChI is InChI=1S/C27H28ClNO6/c1-27(2)14-29(3)21-11-18(24-13-22(30)17-5-4-6-20(28)25(17)35-24)23(12-19(21)27)34-8-7-33-16-9-15(10-16)26(31)32/h4-6,11-13,15-16H,7-10,14H2,1-3H3,(H,31,32). The largest absolute Gasteiger partial charge is 0.490 e. The molecule has 0 amide bonds. The van der Waals surface area contributed by atoms with Gasteiger partial charge in [0.2, 0.25) is 0 Å². The van der Waals surface area contributed by atoms with Crippen LogP contribution >= 0.6 is 11.6 Å². The molecule has 2 aliphatic rings. The van der Waals surface area contributed by atoms with Crippen LogP contribution in [-0.2, 0) is 14.9 Å². The lowest BCUT2D eigenvalue weighted by molar-refractivity contribution is -0.151. The maximum absolute atomic E-state index is 12.9. The number of ether oxygens (including phenoxy) is 2. The van der Waals surface area contributed by atoms with Crippen LogP contribution < -0.4 is 15.1 Å². The smallest absolute Gasteiger partial charge is 0.306 e. The molecule has 0 bridgehead atoms. The van der Waals surface area contributed by atoms with E-state index in [1.54, 1.807) is 18.2 Å². The summed E-state index contributed by atoms with van der Waals surface area (Å²) in [6.45, 7) is 5.86. The number of aliphatic carboxylic acids is 1. The van der Waals surface area contributed by atoms with Crippen molar-refractivity contribution in [1.82, 2.24) is 0 Å². The number of hydrogen-bond acceptors (Lipinski definition) is 6. The summed E-state index contributed by atoms with van der Waals surface area (Å²) in [7, 11) is 2.04. The van der Waals surface area contributed by atoms with Crippen LogP contribution in [-0.4, -0.2) is 44.0 Å². The molecule has 1 N–H and O–H groups in total. The molecule has 3 aromatic rings. The molecule has 0 saturated heterocycles. The van der Waals surface area contributed by atoms with Crippen LogP contribution in [0.3, 0.4) is 0 Å². The number of rotatable bonds is 7. The van der Waals surface area contributed by atoms with E-state index in [4.69, 9.17) is 30.6 Å². The Kier molecular flexibility index (Phi) is 6.01. The summed E-state index contributed by atoms with van der Waals surface area (Å²) in [5, 5.41) is 9.83. The van der Waals surface area contributed by atoms with Gasteiger partial charge >= 0.3 is 5.97 Å². The fourth-order valence-corrected chi connectivity index (χ4v) is 5.26. The van der Waals surface area contributed by atoms with Crippen molar-refractivity contribution in [2.45, 2.75) is 38.2 Å². The van der Waals surface area contributed by atoms with Crippen molar-refractivity contribution in [3.63, 3.8) is 0 Å². The molecule has 1 aromatic heterocycles. The highest BCUT2D eigenvalue weighted by atomic mass is 35.5. The Morgan fingerprint density at radius 2 is 2.00 bits per heavy atom. The third kappa shape index (κ3) is 4.39. The molecule has 2 aromatic carbocycles. The number of benzene rings is 2. The molecule has 5 rings (SSSR count). The van der Waals surface area contributed by atoms with Gasteiger partial charge in [0.1, 0.15) is 18.1 Å². The summed E-state index contributed by atoms with van der Waals surface area (Å²) >= 11 is 6.34. The summed E-state index contributed by atoms with van der Waals surface area (Å²) in [5.74, 6) is -0.0995. The molecule has 8 heteroatoms. The fraction of sp³-hybridized carbons (Fsp3) is 0.407. The van der Waals surface area contributed by atoms with Gasteiger partial charge < -0.3 is 23.9 Å². The second-order valence-electron chi connectivity index (χ2n) is 10.0. The van der Waals surface area contributed by atoms with E-state index < -0.39 is 5.97 Å². The first-order chi connectivity index (χ1) is 16.6. The molecule has 0 atom stereocenters. The first kappa shape index (κ1) is 23.7. The Balaban J connectivity index is 1.46. The number of para-hydroxylation sites is 1. The Morgan fingerprint density at radius 1 is 1.23 bits per heavy atom. The van der Waals surface area contributed by atoms with E-state index >= 15 is 0 Å². The van der Waals surface area contributed by atoms with Crippen LogP contribution in [0.25, 0.3) is 22.3 Å². The lowest BCUT2D eigenvalue weighted by atomic mass is 9.82. The number of halogens is 1. The van der Waals surface area contributed by atoms with E-state index in [1.807, 2.05) is 19.2 Å². The number of carboxylic acid groups (broad SMARTS) is 1. The van der Waals surface area contributed by atoms with Crippen molar-refractivity contribution >= 4 is 34.2 Å². The van der Waals surface area contributed by atoms with E-state index in [2.05, 4.69) is 18.7 Å². The molecular formula is C27H28ClNO6. The quantitative estimate of drug-likeness (QED) is 0.454. The zero-order valence-electron chi connectivity index (χ0n) is 20.0. The van der Waals surface area contributed by atoms with E-state index in [0.717, 1.165) is 17.8 Å². The minimum absolute atomic E-state index is 0.0487. The SMILES string of the molecule is CN1CC(C)(C)c2cc(OCCOC3CC(C(=O)O)C3)c(-c3cc(=O)c4cccc(Cl)c4o3)cc21. The number of fused-ring (bicyclic) bond motifs is 2. The van der Waals surface area contributed by atoms with E-state index in [1.165, 1.54) is 6.07 Å². The Hall–Kier alpha value is -3.03. The van der Waals surface area contributed by atoms with Gasteiger partial charge in [0.25, 0.3) is 0 Å². The molecule has 1 aliphatic carbocycles. The molecule has 1 fully saturated rings. The van der Waals surface area contributed by atoms with Gasteiger partial charge in [0.15, 0.2) is 11.0 Å². The normalized spacial score (nSPS) is 20.5. The molecule has 2 heterocycles. The van der Waals surface area contributed by atoms with Gasteiger partial charge in [-0.15, -0.1) is 0 Å². The van der Waals surface area contributed by atoms with Crippen LogP contribution in [0.15, 0.2) is 45.6 Å². The van der Waals surface area contributed by atoms with Gasteiger partial charge in [0.05, 0.1) is 34.6 Å². The lowest BCUT2D eigenvalue weighted by Crippen LogP contribution is -2.37. The number of likely N-dealkylation sites (N-methyl/N-ethyl adjacent to an activating group) is 1. The minimum atomic E-state index is -0.770. The van der Waals surface area contributed by atoms with Crippen LogP contribution in [0.2, 0.25) is 5.02 Å². The topological polar surface area (TPSA) is 89.2 Å². The summed E-state index contributed by atoms with van der Waals surface area (Å²) in [4.78, 5) is 26.0. The molecule has 0 radical (unpaired) electrons. The highest BCUT2D eigenvalue weighted by molar-refractivity contribution is 6.34. The monoisotopic (exact) mass is 497 g/mol. The third-order valence-electron chi connectivity index (χ3n) is 6.98. The lowest BCUT2D eigenvalue weighted by Gasteiger charge is -2.32. The molecule has 184 valence electrons. The van der Waals surface area contributed by atoms with Crippen molar-refractivity contribution in [1.29, 1.82) is 0 Å². The average molecular weight is 498 g/mol. The molecule has 0 unspecified atom stereocenters. The van der Waals surface area contributed by atoms with E-state index in [0.29, 0.717) is 52.5 Å². The fourth-order valence-electron chi connectivity index (χ4n) is 5.05. The summed E-state index contributed by atoms with van der Waals surface area (Å²) in [5.41, 5.74) is 2.99. The highest BCUT2D eigenvalue weighted by Gasteiger charge is 2.36. The van der Waals surface area contributed by atoms with Gasteiger partial charge in [-0.25, -0.2) is 0 Å². The summed E-state index contributed by atoms with van der Waals surface area (Å²) in [6, 6.07) is 10.6. The molecule has 7 nitrogen and oxygen atoms in total. The predicted molar refractivity (Wildman–Crippen MR) is 135 cm³/mol. The first-order valence-electron chi connectivity index (χ1n) is 11.7. The number of nitrogens with zero attached hydrogens (tertiary/aromatic N) is 1. The van der Waals surface area contributed by atoms with Crippen molar-refractivity contribution < 1.29 is 23.8 Å². The minimum Gasteiger partial charge on any atom is -0.490 e. The second-order valence-corrected chi connectivity index (χ2v) is 10.5. The van der Waals surface area contributed by atoms with Crippen molar-refractivity contribution in [3.05, 3.63) is 57.2 Å². The molecule has 1 aliphatic heterocycles. The van der Waals surface area contributed by atoms with Gasteiger partial charge in [-0.1, -0.05) is 31.5 Å². The van der Waals surface area contributed by atoms with E-state index in [-0.39, 0.29) is 29.5 Å². The maximum atomic E-state index is 12.9. The molecule has 35 heavy (non-hydrogen) atoms. The van der Waals surface area contributed by atoms with Gasteiger partial charge in [-0.05, 0) is 42.7 Å². The summed E-state index contributed by atoms with van der Waals surface area (Å²) < 4.78 is 18.1. The average Bonchev–Trinajstić information content (AvgIpc) is 2.99. The third-order valence-corrected chi connectivity index (χ3v) is 7.28. The van der Waals surface area contributed by atoms with Crippen LogP contribution in [0.5, 0.6) is 5.75 Å². The Bertz CT molecular complexity index is 1360. The number of carboxylic acids is 1. The number of hydrogen-bond donors (Lipinski definition) is 1. The predicted octanol–water partition coefficient (Wildman–Crippen LogP) is 5.10. The van der Waals surface area contributed by atoms with Crippen molar-refractivity contribution in [3.8, 4) is 17.1 Å². The second kappa shape index (κ2) is 8.88. The van der Waals surface area contributed by atoms with Gasteiger partial charge in [0, 0.05) is 30.8 Å². The van der Waals surface area contributed by atoms with Crippen LogP contribution in [0, 0.1) is 5.92 Å². The molecule has 0 spiro atoms. The van der Waals surface area contributed by atoms with Crippen LogP contribution in [0.1, 0.15) is 32.3 Å². The molecule has 1 saturated carbocycles. The van der Waals surface area contributed by atoms with E-state index in [9.17, 15) is 9.59 Å². The maximum Gasteiger partial charge on any atom is 0.306 e. The summed E-state index contributed by atoms with van der Waals surface area (Å²) in [6.07, 6.45) is 1.01.